The van der Waals surface area contributed by atoms with Crippen molar-refractivity contribution in [2.45, 2.75) is 26.8 Å². The molecule has 0 aliphatic carbocycles. The van der Waals surface area contributed by atoms with Gasteiger partial charge in [0.25, 0.3) is 17.2 Å². The summed E-state index contributed by atoms with van der Waals surface area (Å²) in [5.41, 5.74) is 4.53. The molecule has 2 rings (SSSR count). The summed E-state index contributed by atoms with van der Waals surface area (Å²) in [6.45, 7) is 4.44. The van der Waals surface area contributed by atoms with Crippen LogP contribution in [0.3, 0.4) is 0 Å². The van der Waals surface area contributed by atoms with Crippen LogP contribution in [0.1, 0.15) is 30.6 Å². The largest absolute Gasteiger partial charge is 0.385 e. The number of benzene rings is 1. The number of ether oxygens (including phenoxy) is 1. The molecule has 0 saturated carbocycles. The van der Waals surface area contributed by atoms with E-state index in [4.69, 9.17) is 10.5 Å². The molecule has 0 saturated heterocycles. The fraction of sp³-hybridized carbons (Fsp3) is 0.421. The van der Waals surface area contributed by atoms with Gasteiger partial charge in [0, 0.05) is 44.5 Å². The van der Waals surface area contributed by atoms with Gasteiger partial charge in [-0.15, -0.1) is 0 Å². The Morgan fingerprint density at radius 2 is 1.93 bits per heavy atom. The average molecular weight is 419 g/mol. The van der Waals surface area contributed by atoms with Crippen LogP contribution in [0.15, 0.2) is 33.9 Å². The number of amides is 1. The molecule has 11 nitrogen and oxygen atoms in total. The molecule has 0 atom stereocenters. The molecule has 11 heteroatoms. The van der Waals surface area contributed by atoms with Gasteiger partial charge in [0.15, 0.2) is 5.69 Å². The molecule has 1 heterocycles. The Balaban J connectivity index is 2.56. The van der Waals surface area contributed by atoms with E-state index in [9.17, 15) is 24.5 Å². The van der Waals surface area contributed by atoms with E-state index in [1.165, 1.54) is 40.8 Å². The minimum atomic E-state index is -0.787. The maximum atomic E-state index is 13.2. The Hall–Kier alpha value is -3.47. The third kappa shape index (κ3) is 5.11. The van der Waals surface area contributed by atoms with Crippen molar-refractivity contribution in [1.82, 2.24) is 9.55 Å². The molecule has 0 aliphatic rings. The number of nitrogens with two attached hydrogens (primary N) is 1. The molecular formula is C19H25N5O6. The van der Waals surface area contributed by atoms with Gasteiger partial charge < -0.3 is 15.4 Å². The van der Waals surface area contributed by atoms with Gasteiger partial charge in [0.1, 0.15) is 5.82 Å². The average Bonchev–Trinajstić information content (AvgIpc) is 2.69. The van der Waals surface area contributed by atoms with Crippen LogP contribution in [0.4, 0.5) is 17.2 Å². The smallest absolute Gasteiger partial charge is 0.330 e. The number of non-ortho nitro benzene ring substituents is 1. The van der Waals surface area contributed by atoms with Gasteiger partial charge >= 0.3 is 5.69 Å². The predicted octanol–water partition coefficient (Wildman–Crippen LogP) is 1.37. The number of aromatic amines is 1. The predicted molar refractivity (Wildman–Crippen MR) is 112 cm³/mol. The number of aromatic nitrogens is 2. The Labute approximate surface area is 172 Å². The fourth-order valence-corrected chi connectivity index (χ4v) is 2.95. The van der Waals surface area contributed by atoms with E-state index in [-0.39, 0.29) is 41.8 Å². The second kappa shape index (κ2) is 9.83. The number of nitrogens with zero attached hydrogens (tertiary/aromatic N) is 3. The SMILES string of the molecule is COCCCN(C(=O)c1ccc([N+](=O)[O-])cc1)c1c(N)n(CC(C)C)c(=O)[nH]c1=O. The summed E-state index contributed by atoms with van der Waals surface area (Å²) in [6.07, 6.45) is 0.400. The van der Waals surface area contributed by atoms with Crippen LogP contribution in [0, 0.1) is 16.0 Å². The second-order valence-corrected chi connectivity index (χ2v) is 7.10. The van der Waals surface area contributed by atoms with Crippen molar-refractivity contribution in [3.63, 3.8) is 0 Å². The summed E-state index contributed by atoms with van der Waals surface area (Å²) < 4.78 is 6.24. The Bertz CT molecular complexity index is 1030. The molecule has 0 fully saturated rings. The van der Waals surface area contributed by atoms with Crippen LogP contribution in [0.2, 0.25) is 0 Å². The van der Waals surface area contributed by atoms with Crippen molar-refractivity contribution in [2.24, 2.45) is 5.92 Å². The van der Waals surface area contributed by atoms with Crippen molar-refractivity contribution in [1.29, 1.82) is 0 Å². The number of carbonyl (C=O) groups excluding carboxylic acids is 1. The second-order valence-electron chi connectivity index (χ2n) is 7.10. The molecule has 0 bridgehead atoms. The summed E-state index contributed by atoms with van der Waals surface area (Å²) in [5, 5.41) is 10.9. The Morgan fingerprint density at radius 3 is 2.47 bits per heavy atom. The molecule has 162 valence electrons. The van der Waals surface area contributed by atoms with E-state index in [0.29, 0.717) is 13.0 Å². The van der Waals surface area contributed by atoms with E-state index >= 15 is 0 Å². The summed E-state index contributed by atoms with van der Waals surface area (Å²) in [5.74, 6) is -0.630. The lowest BCUT2D eigenvalue weighted by molar-refractivity contribution is -0.384. The van der Waals surface area contributed by atoms with E-state index in [1.807, 2.05) is 13.8 Å². The highest BCUT2D eigenvalue weighted by Crippen LogP contribution is 2.21. The molecule has 0 spiro atoms. The van der Waals surface area contributed by atoms with E-state index in [0.717, 1.165) is 0 Å². The lowest BCUT2D eigenvalue weighted by Gasteiger charge is -2.25. The molecular weight excluding hydrogens is 394 g/mol. The molecule has 0 aliphatic heterocycles. The first-order valence-corrected chi connectivity index (χ1v) is 9.35. The van der Waals surface area contributed by atoms with Crippen molar-refractivity contribution in [3.05, 3.63) is 60.8 Å². The molecule has 2 aromatic rings. The number of nitrogens with one attached hydrogen (secondary N) is 1. The molecule has 1 aromatic heterocycles. The van der Waals surface area contributed by atoms with Gasteiger partial charge in [-0.3, -0.25) is 29.3 Å². The van der Waals surface area contributed by atoms with Gasteiger partial charge in [-0.1, -0.05) is 13.8 Å². The lowest BCUT2D eigenvalue weighted by Crippen LogP contribution is -2.42. The third-order valence-corrected chi connectivity index (χ3v) is 4.33. The minimum absolute atomic E-state index is 0.0658. The topological polar surface area (TPSA) is 154 Å². The number of carbonyl (C=O) groups is 1. The number of nitro groups is 1. The van der Waals surface area contributed by atoms with Gasteiger partial charge in [0.05, 0.1) is 4.92 Å². The number of nitro benzene ring substituents is 1. The zero-order valence-electron chi connectivity index (χ0n) is 17.1. The summed E-state index contributed by atoms with van der Waals surface area (Å²) in [4.78, 5) is 51.6. The van der Waals surface area contributed by atoms with Crippen molar-refractivity contribution >= 4 is 23.1 Å². The number of H-pyrrole nitrogens is 1. The molecule has 1 amide bonds. The highest BCUT2D eigenvalue weighted by atomic mass is 16.6. The van der Waals surface area contributed by atoms with E-state index < -0.39 is 22.1 Å². The van der Waals surface area contributed by atoms with E-state index in [1.54, 1.807) is 0 Å². The molecule has 3 N–H and O–H groups in total. The third-order valence-electron chi connectivity index (χ3n) is 4.33. The van der Waals surface area contributed by atoms with Gasteiger partial charge in [-0.2, -0.15) is 0 Å². The van der Waals surface area contributed by atoms with Gasteiger partial charge in [-0.05, 0) is 24.5 Å². The standard InChI is InChI=1S/C19H25N5O6/c1-12(2)11-23-16(20)15(17(25)21-19(23)27)22(9-4-10-30-3)18(26)13-5-7-14(8-6-13)24(28)29/h5-8,12H,4,9-11,20H2,1-3H3,(H,21,25,27). The van der Waals surface area contributed by atoms with Crippen molar-refractivity contribution < 1.29 is 14.5 Å². The molecule has 1 aromatic carbocycles. The number of nitrogen functional groups attached to an aromatic ring is 1. The summed E-state index contributed by atoms with van der Waals surface area (Å²) in [6, 6.07) is 5.01. The van der Waals surface area contributed by atoms with Crippen LogP contribution in [0.5, 0.6) is 0 Å². The summed E-state index contributed by atoms with van der Waals surface area (Å²) >= 11 is 0. The van der Waals surface area contributed by atoms with Crippen LogP contribution >= 0.6 is 0 Å². The van der Waals surface area contributed by atoms with Crippen LogP contribution < -0.4 is 21.9 Å². The summed E-state index contributed by atoms with van der Waals surface area (Å²) in [7, 11) is 1.51. The van der Waals surface area contributed by atoms with Crippen molar-refractivity contribution in [2.75, 3.05) is 30.9 Å². The number of methoxy groups -OCH3 is 1. The number of hydrogen-bond donors (Lipinski definition) is 2. The minimum Gasteiger partial charge on any atom is -0.385 e. The maximum absolute atomic E-state index is 13.2. The van der Waals surface area contributed by atoms with Crippen LogP contribution in [-0.4, -0.2) is 40.6 Å². The van der Waals surface area contributed by atoms with Crippen molar-refractivity contribution in [3.8, 4) is 0 Å². The molecule has 0 radical (unpaired) electrons. The number of rotatable bonds is 9. The first kappa shape index (κ1) is 22.8. The Morgan fingerprint density at radius 1 is 1.30 bits per heavy atom. The fourth-order valence-electron chi connectivity index (χ4n) is 2.95. The Kier molecular flexibility index (Phi) is 7.48. The number of hydrogen-bond acceptors (Lipinski definition) is 7. The maximum Gasteiger partial charge on any atom is 0.330 e. The number of anilines is 2. The molecule has 30 heavy (non-hydrogen) atoms. The van der Waals surface area contributed by atoms with Crippen LogP contribution in [-0.2, 0) is 11.3 Å². The molecule has 0 unspecified atom stereocenters. The monoisotopic (exact) mass is 419 g/mol. The van der Waals surface area contributed by atoms with Gasteiger partial charge in [0.2, 0.25) is 0 Å². The first-order chi connectivity index (χ1) is 14.2. The highest BCUT2D eigenvalue weighted by molar-refractivity contribution is 6.07. The quantitative estimate of drug-likeness (QED) is 0.353. The normalized spacial score (nSPS) is 10.9. The van der Waals surface area contributed by atoms with E-state index in [2.05, 4.69) is 4.98 Å². The van der Waals surface area contributed by atoms with Gasteiger partial charge in [-0.25, -0.2) is 4.79 Å². The first-order valence-electron chi connectivity index (χ1n) is 9.35. The van der Waals surface area contributed by atoms with Crippen LogP contribution in [0.25, 0.3) is 0 Å². The zero-order chi connectivity index (χ0) is 22.4. The zero-order valence-corrected chi connectivity index (χ0v) is 17.1. The lowest BCUT2D eigenvalue weighted by atomic mass is 10.1. The highest BCUT2D eigenvalue weighted by Gasteiger charge is 2.25.